The number of nitrogens with zero attached hydrogens (tertiary/aromatic N) is 2. The molecule has 10 nitrogen and oxygen atoms in total. The Labute approximate surface area is 179 Å². The highest BCUT2D eigenvalue weighted by Crippen LogP contribution is 2.34. The molecule has 1 aliphatic carbocycles. The largest absolute Gasteiger partial charge is 0.481 e. The number of aryl methyl sites for hydroxylation is 2. The third-order valence-electron chi connectivity index (χ3n) is 5.47. The standard InChI is InChI=1S/C20H25N5O5S/c1-11-18(12(2)30-24-11)13-9-15-19(23-20(22-15)21-8-7-17(26)27)16(10-13)31(28,29)25-14-5-3-4-6-14/h9-10,14,25H,3-8H2,1-2H3,(H,26,27)(H2,21,22,23). The molecule has 1 fully saturated rings. The maximum Gasteiger partial charge on any atom is 0.305 e. The average Bonchev–Trinajstić information content (AvgIpc) is 3.41. The van der Waals surface area contributed by atoms with E-state index in [1.807, 2.05) is 0 Å². The molecule has 0 unspecified atom stereocenters. The lowest BCUT2D eigenvalue weighted by Crippen LogP contribution is -2.32. The molecular formula is C20H25N5O5S. The molecule has 31 heavy (non-hydrogen) atoms. The van der Waals surface area contributed by atoms with Crippen molar-refractivity contribution in [2.45, 2.75) is 56.9 Å². The molecule has 0 amide bonds. The van der Waals surface area contributed by atoms with E-state index in [0.717, 1.165) is 31.2 Å². The van der Waals surface area contributed by atoms with Crippen LogP contribution in [0, 0.1) is 13.8 Å². The van der Waals surface area contributed by atoms with Gasteiger partial charge in [-0.3, -0.25) is 4.79 Å². The van der Waals surface area contributed by atoms with Gasteiger partial charge < -0.3 is 19.9 Å². The number of sulfonamides is 1. The number of imidazole rings is 1. The minimum absolute atomic E-state index is 0.0643. The zero-order chi connectivity index (χ0) is 22.2. The number of nitrogens with one attached hydrogen (secondary N) is 3. The molecule has 11 heteroatoms. The number of hydrogen-bond donors (Lipinski definition) is 4. The second-order valence-corrected chi connectivity index (χ2v) is 9.51. The van der Waals surface area contributed by atoms with Crippen LogP contribution in [0.25, 0.3) is 22.2 Å². The fourth-order valence-electron chi connectivity index (χ4n) is 4.03. The maximum absolute atomic E-state index is 13.3. The van der Waals surface area contributed by atoms with E-state index >= 15 is 0 Å². The zero-order valence-electron chi connectivity index (χ0n) is 17.4. The summed E-state index contributed by atoms with van der Waals surface area (Å²) in [6.45, 7) is 3.73. The van der Waals surface area contributed by atoms with E-state index in [0.29, 0.717) is 34.0 Å². The van der Waals surface area contributed by atoms with Gasteiger partial charge in [-0.1, -0.05) is 18.0 Å². The summed E-state index contributed by atoms with van der Waals surface area (Å²) in [5.74, 6) is -0.0407. The van der Waals surface area contributed by atoms with E-state index in [1.54, 1.807) is 26.0 Å². The van der Waals surface area contributed by atoms with Crippen LogP contribution in [0.4, 0.5) is 5.95 Å². The highest BCUT2D eigenvalue weighted by molar-refractivity contribution is 7.89. The lowest BCUT2D eigenvalue weighted by atomic mass is 10.0. The van der Waals surface area contributed by atoms with Gasteiger partial charge in [-0.05, 0) is 44.4 Å². The molecule has 0 bridgehead atoms. The summed E-state index contributed by atoms with van der Waals surface area (Å²) in [5, 5.41) is 15.7. The maximum atomic E-state index is 13.3. The first kappa shape index (κ1) is 21.3. The number of aromatic amines is 1. The Morgan fingerprint density at radius 3 is 2.68 bits per heavy atom. The van der Waals surface area contributed by atoms with Crippen molar-refractivity contribution in [1.29, 1.82) is 0 Å². The third-order valence-corrected chi connectivity index (χ3v) is 7.01. The zero-order valence-corrected chi connectivity index (χ0v) is 18.2. The molecule has 0 atom stereocenters. The van der Waals surface area contributed by atoms with Crippen molar-refractivity contribution in [2.75, 3.05) is 11.9 Å². The number of anilines is 1. The molecule has 2 aromatic heterocycles. The summed E-state index contributed by atoms with van der Waals surface area (Å²) in [6.07, 6.45) is 3.54. The summed E-state index contributed by atoms with van der Waals surface area (Å²) < 4.78 is 34.7. The Bertz CT molecular complexity index is 1200. The van der Waals surface area contributed by atoms with Crippen LogP contribution in [0.15, 0.2) is 21.6 Å². The molecule has 0 spiro atoms. The van der Waals surface area contributed by atoms with Crippen LogP contribution in [0.2, 0.25) is 0 Å². The predicted octanol–water partition coefficient (Wildman–Crippen LogP) is 2.94. The lowest BCUT2D eigenvalue weighted by molar-refractivity contribution is -0.136. The van der Waals surface area contributed by atoms with Gasteiger partial charge in [0.1, 0.15) is 16.2 Å². The molecule has 4 N–H and O–H groups in total. The molecule has 0 aliphatic heterocycles. The van der Waals surface area contributed by atoms with E-state index in [1.165, 1.54) is 0 Å². The average molecular weight is 448 g/mol. The van der Waals surface area contributed by atoms with Crippen molar-refractivity contribution in [3.05, 3.63) is 23.6 Å². The third kappa shape index (κ3) is 4.42. The van der Waals surface area contributed by atoms with Gasteiger partial charge in [-0.25, -0.2) is 18.1 Å². The quantitative estimate of drug-likeness (QED) is 0.411. The second kappa shape index (κ2) is 8.31. The first-order valence-corrected chi connectivity index (χ1v) is 11.7. The predicted molar refractivity (Wildman–Crippen MR) is 114 cm³/mol. The molecule has 4 rings (SSSR count). The number of fused-ring (bicyclic) bond motifs is 1. The van der Waals surface area contributed by atoms with Gasteiger partial charge in [0.15, 0.2) is 0 Å². The summed E-state index contributed by atoms with van der Waals surface area (Å²) in [4.78, 5) is 18.3. The lowest BCUT2D eigenvalue weighted by Gasteiger charge is -2.14. The van der Waals surface area contributed by atoms with Gasteiger partial charge >= 0.3 is 5.97 Å². The molecule has 1 saturated carbocycles. The minimum Gasteiger partial charge on any atom is -0.481 e. The Hall–Kier alpha value is -2.92. The van der Waals surface area contributed by atoms with Crippen LogP contribution < -0.4 is 10.0 Å². The van der Waals surface area contributed by atoms with Crippen LogP contribution in [0.3, 0.4) is 0 Å². The number of benzene rings is 1. The molecular weight excluding hydrogens is 422 g/mol. The van der Waals surface area contributed by atoms with E-state index in [-0.39, 0.29) is 23.9 Å². The number of carboxylic acids is 1. The van der Waals surface area contributed by atoms with E-state index in [2.05, 4.69) is 25.2 Å². The number of aromatic nitrogens is 3. The number of rotatable bonds is 8. The Balaban J connectivity index is 1.80. The van der Waals surface area contributed by atoms with Crippen molar-refractivity contribution in [3.8, 4) is 11.1 Å². The van der Waals surface area contributed by atoms with Crippen LogP contribution >= 0.6 is 0 Å². The van der Waals surface area contributed by atoms with Crippen LogP contribution in [0.1, 0.15) is 43.6 Å². The van der Waals surface area contributed by atoms with Gasteiger partial charge in [0, 0.05) is 18.2 Å². The first-order chi connectivity index (χ1) is 14.7. The topological polar surface area (TPSA) is 150 Å². The minimum atomic E-state index is -3.84. The van der Waals surface area contributed by atoms with Gasteiger partial charge in [-0.15, -0.1) is 0 Å². The van der Waals surface area contributed by atoms with E-state index in [4.69, 9.17) is 9.63 Å². The van der Waals surface area contributed by atoms with Gasteiger partial charge in [-0.2, -0.15) is 0 Å². The van der Waals surface area contributed by atoms with Gasteiger partial charge in [0.05, 0.1) is 17.6 Å². The number of hydrogen-bond acceptors (Lipinski definition) is 7. The summed E-state index contributed by atoms with van der Waals surface area (Å²) >= 11 is 0. The highest BCUT2D eigenvalue weighted by Gasteiger charge is 2.27. The normalized spacial score (nSPS) is 15.0. The van der Waals surface area contributed by atoms with Crippen molar-refractivity contribution in [1.82, 2.24) is 19.8 Å². The second-order valence-electron chi connectivity index (χ2n) is 7.83. The van der Waals surface area contributed by atoms with Crippen LogP contribution in [-0.2, 0) is 14.8 Å². The van der Waals surface area contributed by atoms with Crippen LogP contribution in [0.5, 0.6) is 0 Å². The first-order valence-electron chi connectivity index (χ1n) is 10.2. The van der Waals surface area contributed by atoms with E-state index < -0.39 is 16.0 Å². The highest BCUT2D eigenvalue weighted by atomic mass is 32.2. The summed E-state index contributed by atoms with van der Waals surface area (Å²) in [5.41, 5.74) is 2.84. The van der Waals surface area contributed by atoms with Crippen molar-refractivity contribution >= 4 is 33.0 Å². The summed E-state index contributed by atoms with van der Waals surface area (Å²) in [7, 11) is -3.84. The fourth-order valence-corrected chi connectivity index (χ4v) is 5.52. The fraction of sp³-hybridized carbons (Fsp3) is 0.450. The Kier molecular flexibility index (Phi) is 5.71. The smallest absolute Gasteiger partial charge is 0.305 e. The van der Waals surface area contributed by atoms with Gasteiger partial charge in [0.25, 0.3) is 0 Å². The molecule has 0 radical (unpaired) electrons. The SMILES string of the molecule is Cc1noc(C)c1-c1cc(S(=O)(=O)NC2CCCC2)c2nc(NCCC(=O)O)[nH]c2c1. The number of carbonyl (C=O) groups is 1. The van der Waals surface area contributed by atoms with Gasteiger partial charge in [0.2, 0.25) is 16.0 Å². The molecule has 2 heterocycles. The molecule has 166 valence electrons. The molecule has 1 aliphatic rings. The Morgan fingerprint density at radius 1 is 1.29 bits per heavy atom. The van der Waals surface area contributed by atoms with Crippen molar-refractivity contribution in [3.63, 3.8) is 0 Å². The van der Waals surface area contributed by atoms with Crippen LogP contribution in [-0.4, -0.2) is 47.2 Å². The molecule has 1 aromatic carbocycles. The van der Waals surface area contributed by atoms with Crippen molar-refractivity contribution < 1.29 is 22.8 Å². The monoisotopic (exact) mass is 447 g/mol. The van der Waals surface area contributed by atoms with E-state index in [9.17, 15) is 13.2 Å². The Morgan fingerprint density at radius 2 is 2.03 bits per heavy atom. The number of H-pyrrole nitrogens is 1. The number of aliphatic carboxylic acids is 1. The number of carboxylic acid groups (broad SMARTS) is 1. The molecule has 3 aromatic rings. The molecule has 0 saturated heterocycles. The summed E-state index contributed by atoms with van der Waals surface area (Å²) in [6, 6.07) is 3.30. The van der Waals surface area contributed by atoms with Crippen molar-refractivity contribution in [2.24, 2.45) is 0 Å².